The SMILES string of the molecule is COc1cc2c(cc1OC)CN(C(=O)Cc1cc(C)nn1C)CC2. The van der Waals surface area contributed by atoms with E-state index >= 15 is 0 Å². The van der Waals surface area contributed by atoms with Crippen molar-refractivity contribution < 1.29 is 14.3 Å². The molecule has 0 atom stereocenters. The van der Waals surface area contributed by atoms with Gasteiger partial charge in [-0.1, -0.05) is 0 Å². The molecule has 2 aromatic rings. The molecule has 1 aromatic carbocycles. The molecule has 0 saturated heterocycles. The third-order valence-electron chi connectivity index (χ3n) is 4.50. The number of aromatic nitrogens is 2. The predicted molar refractivity (Wildman–Crippen MR) is 90.3 cm³/mol. The number of hydrogen-bond donors (Lipinski definition) is 0. The molecule has 0 aliphatic carbocycles. The van der Waals surface area contributed by atoms with E-state index in [-0.39, 0.29) is 5.91 Å². The summed E-state index contributed by atoms with van der Waals surface area (Å²) in [6.07, 6.45) is 1.20. The molecule has 0 fully saturated rings. The van der Waals surface area contributed by atoms with E-state index in [0.29, 0.717) is 18.7 Å². The molecule has 0 N–H and O–H groups in total. The van der Waals surface area contributed by atoms with Gasteiger partial charge in [-0.25, -0.2) is 0 Å². The highest BCUT2D eigenvalue weighted by molar-refractivity contribution is 5.78. The number of benzene rings is 1. The van der Waals surface area contributed by atoms with Gasteiger partial charge in [-0.15, -0.1) is 0 Å². The summed E-state index contributed by atoms with van der Waals surface area (Å²) in [5.41, 5.74) is 4.21. The Morgan fingerprint density at radius 3 is 2.42 bits per heavy atom. The number of rotatable bonds is 4. The molecule has 6 heteroatoms. The normalized spacial score (nSPS) is 13.6. The van der Waals surface area contributed by atoms with Crippen molar-refractivity contribution in [3.05, 3.63) is 40.7 Å². The van der Waals surface area contributed by atoms with Gasteiger partial charge in [0.2, 0.25) is 5.91 Å². The summed E-state index contributed by atoms with van der Waals surface area (Å²) in [4.78, 5) is 14.5. The molecule has 3 rings (SSSR count). The topological polar surface area (TPSA) is 56.6 Å². The van der Waals surface area contributed by atoms with Crippen molar-refractivity contribution in [3.8, 4) is 11.5 Å². The second kappa shape index (κ2) is 6.55. The molecule has 0 saturated carbocycles. The van der Waals surface area contributed by atoms with Crippen LogP contribution >= 0.6 is 0 Å². The van der Waals surface area contributed by atoms with Crippen LogP contribution in [0.25, 0.3) is 0 Å². The van der Waals surface area contributed by atoms with Crippen LogP contribution in [0.1, 0.15) is 22.5 Å². The first-order valence-electron chi connectivity index (χ1n) is 8.03. The van der Waals surface area contributed by atoms with Crippen LogP contribution in [-0.4, -0.2) is 41.4 Å². The van der Waals surface area contributed by atoms with Crippen molar-refractivity contribution in [1.82, 2.24) is 14.7 Å². The first-order chi connectivity index (χ1) is 11.5. The summed E-state index contributed by atoms with van der Waals surface area (Å²) >= 11 is 0. The Morgan fingerprint density at radius 1 is 1.17 bits per heavy atom. The first kappa shape index (κ1) is 16.4. The quantitative estimate of drug-likeness (QED) is 0.859. The number of methoxy groups -OCH3 is 2. The van der Waals surface area contributed by atoms with Gasteiger partial charge in [0.15, 0.2) is 11.5 Å². The maximum Gasteiger partial charge on any atom is 0.228 e. The minimum absolute atomic E-state index is 0.124. The summed E-state index contributed by atoms with van der Waals surface area (Å²) in [7, 11) is 5.14. The fraction of sp³-hybridized carbons (Fsp3) is 0.444. The van der Waals surface area contributed by atoms with Gasteiger partial charge in [0, 0.05) is 25.8 Å². The number of carbonyl (C=O) groups excluding carboxylic acids is 1. The number of amides is 1. The molecule has 1 aliphatic rings. The Bertz CT molecular complexity index is 767. The van der Waals surface area contributed by atoms with Crippen molar-refractivity contribution >= 4 is 5.91 Å². The van der Waals surface area contributed by atoms with Crippen LogP contribution in [0.3, 0.4) is 0 Å². The number of carbonyl (C=O) groups is 1. The minimum Gasteiger partial charge on any atom is -0.493 e. The Balaban J connectivity index is 1.76. The van der Waals surface area contributed by atoms with Crippen molar-refractivity contribution in [2.24, 2.45) is 7.05 Å². The standard InChI is InChI=1S/C18H23N3O3/c1-12-7-15(20(2)19-12)10-18(22)21-6-5-13-8-16(23-3)17(24-4)9-14(13)11-21/h7-9H,5-6,10-11H2,1-4H3. The van der Waals surface area contributed by atoms with E-state index < -0.39 is 0 Å². The lowest BCUT2D eigenvalue weighted by Crippen LogP contribution is -2.37. The zero-order valence-electron chi connectivity index (χ0n) is 14.6. The molecule has 0 radical (unpaired) electrons. The molecular formula is C18H23N3O3. The van der Waals surface area contributed by atoms with Crippen molar-refractivity contribution in [3.63, 3.8) is 0 Å². The lowest BCUT2D eigenvalue weighted by atomic mass is 9.98. The molecule has 0 bridgehead atoms. The highest BCUT2D eigenvalue weighted by Crippen LogP contribution is 2.33. The van der Waals surface area contributed by atoms with E-state index in [2.05, 4.69) is 5.10 Å². The van der Waals surface area contributed by atoms with Gasteiger partial charge in [0.1, 0.15) is 0 Å². The third-order valence-corrected chi connectivity index (χ3v) is 4.50. The Kier molecular flexibility index (Phi) is 4.46. The van der Waals surface area contributed by atoms with Crippen molar-refractivity contribution in [2.45, 2.75) is 26.3 Å². The summed E-state index contributed by atoms with van der Waals surface area (Å²) in [6.45, 7) is 3.26. The highest BCUT2D eigenvalue weighted by Gasteiger charge is 2.23. The van der Waals surface area contributed by atoms with Crippen LogP contribution in [0.2, 0.25) is 0 Å². The molecule has 0 unspecified atom stereocenters. The molecule has 1 aromatic heterocycles. The van der Waals surface area contributed by atoms with Crippen LogP contribution in [0.15, 0.2) is 18.2 Å². The maximum absolute atomic E-state index is 12.6. The van der Waals surface area contributed by atoms with Crippen molar-refractivity contribution in [2.75, 3.05) is 20.8 Å². The van der Waals surface area contributed by atoms with Gasteiger partial charge in [-0.3, -0.25) is 9.48 Å². The highest BCUT2D eigenvalue weighted by atomic mass is 16.5. The Hall–Kier alpha value is -2.50. The minimum atomic E-state index is 0.124. The van der Waals surface area contributed by atoms with Gasteiger partial charge in [-0.2, -0.15) is 5.10 Å². The van der Waals surface area contributed by atoms with Gasteiger partial charge >= 0.3 is 0 Å². The van der Waals surface area contributed by atoms with Crippen LogP contribution in [0.5, 0.6) is 11.5 Å². The van der Waals surface area contributed by atoms with Crippen LogP contribution < -0.4 is 9.47 Å². The monoisotopic (exact) mass is 329 g/mol. The molecule has 0 spiro atoms. The second-order valence-electron chi connectivity index (χ2n) is 6.12. The lowest BCUT2D eigenvalue weighted by Gasteiger charge is -2.29. The third kappa shape index (κ3) is 3.09. The van der Waals surface area contributed by atoms with E-state index in [1.54, 1.807) is 18.9 Å². The molecule has 24 heavy (non-hydrogen) atoms. The van der Waals surface area contributed by atoms with E-state index in [1.165, 1.54) is 5.56 Å². The first-order valence-corrected chi connectivity index (χ1v) is 8.03. The number of nitrogens with zero attached hydrogens (tertiary/aromatic N) is 3. The number of aryl methyl sites for hydroxylation is 2. The predicted octanol–water partition coefficient (Wildman–Crippen LogP) is 1.87. The maximum atomic E-state index is 12.6. The largest absolute Gasteiger partial charge is 0.493 e. The molecule has 2 heterocycles. The smallest absolute Gasteiger partial charge is 0.228 e. The second-order valence-corrected chi connectivity index (χ2v) is 6.12. The van der Waals surface area contributed by atoms with Crippen LogP contribution in [0, 0.1) is 6.92 Å². The number of hydrogen-bond acceptors (Lipinski definition) is 4. The average Bonchev–Trinajstić information content (AvgIpc) is 2.90. The van der Waals surface area contributed by atoms with E-state index in [1.807, 2.05) is 37.1 Å². The molecule has 128 valence electrons. The molecule has 1 aliphatic heterocycles. The van der Waals surface area contributed by atoms with E-state index in [9.17, 15) is 4.79 Å². The van der Waals surface area contributed by atoms with Gasteiger partial charge in [-0.05, 0) is 42.7 Å². The van der Waals surface area contributed by atoms with E-state index in [0.717, 1.165) is 35.7 Å². The van der Waals surface area contributed by atoms with Gasteiger partial charge in [0.25, 0.3) is 0 Å². The van der Waals surface area contributed by atoms with Crippen LogP contribution in [0.4, 0.5) is 0 Å². The fourth-order valence-electron chi connectivity index (χ4n) is 3.19. The van der Waals surface area contributed by atoms with Gasteiger partial charge in [0.05, 0.1) is 26.3 Å². The summed E-state index contributed by atoms with van der Waals surface area (Å²) in [5.74, 6) is 1.56. The van der Waals surface area contributed by atoms with Crippen molar-refractivity contribution in [1.29, 1.82) is 0 Å². The molecular weight excluding hydrogens is 306 g/mol. The number of ether oxygens (including phenoxy) is 2. The average molecular weight is 329 g/mol. The fourth-order valence-corrected chi connectivity index (χ4v) is 3.19. The summed E-state index contributed by atoms with van der Waals surface area (Å²) in [6, 6.07) is 5.95. The number of fused-ring (bicyclic) bond motifs is 1. The Morgan fingerprint density at radius 2 is 1.83 bits per heavy atom. The Labute approximate surface area is 142 Å². The lowest BCUT2D eigenvalue weighted by molar-refractivity contribution is -0.131. The molecule has 1 amide bonds. The zero-order valence-corrected chi connectivity index (χ0v) is 14.6. The molecule has 6 nitrogen and oxygen atoms in total. The zero-order chi connectivity index (χ0) is 17.3. The van der Waals surface area contributed by atoms with Crippen LogP contribution in [-0.2, 0) is 31.2 Å². The van der Waals surface area contributed by atoms with Gasteiger partial charge < -0.3 is 14.4 Å². The van der Waals surface area contributed by atoms with E-state index in [4.69, 9.17) is 9.47 Å². The summed E-state index contributed by atoms with van der Waals surface area (Å²) in [5, 5.41) is 4.30. The summed E-state index contributed by atoms with van der Waals surface area (Å²) < 4.78 is 12.5.